The van der Waals surface area contributed by atoms with Crippen molar-refractivity contribution in [3.05, 3.63) is 22.7 Å². The minimum absolute atomic E-state index is 0.329. The lowest BCUT2D eigenvalue weighted by molar-refractivity contribution is 0.283. The fraction of sp³-hybridized carbons (Fsp3) is 0.600. The summed E-state index contributed by atoms with van der Waals surface area (Å²) in [7, 11) is 0. The van der Waals surface area contributed by atoms with Gasteiger partial charge in [0.2, 0.25) is 0 Å². The first-order chi connectivity index (χ1) is 6.69. The number of nitrogens with zero attached hydrogens (tertiary/aromatic N) is 2. The van der Waals surface area contributed by atoms with Crippen LogP contribution >= 0.6 is 23.2 Å². The van der Waals surface area contributed by atoms with Crippen molar-refractivity contribution in [3.63, 3.8) is 0 Å². The van der Waals surface area contributed by atoms with Gasteiger partial charge in [0.1, 0.15) is 11.0 Å². The van der Waals surface area contributed by atoms with Crippen molar-refractivity contribution in [2.45, 2.75) is 31.6 Å². The molecule has 0 unspecified atom stereocenters. The highest BCUT2D eigenvalue weighted by atomic mass is 35.5. The van der Waals surface area contributed by atoms with E-state index in [9.17, 15) is 0 Å². The van der Waals surface area contributed by atoms with Gasteiger partial charge in [-0.15, -0.1) is 11.6 Å². The van der Waals surface area contributed by atoms with Crippen LogP contribution in [0.5, 0.6) is 0 Å². The van der Waals surface area contributed by atoms with Gasteiger partial charge in [-0.25, -0.2) is 9.97 Å². The average molecular weight is 231 g/mol. The van der Waals surface area contributed by atoms with Crippen molar-refractivity contribution in [1.29, 1.82) is 0 Å². The molecule has 0 amide bonds. The van der Waals surface area contributed by atoms with E-state index >= 15 is 0 Å². The van der Waals surface area contributed by atoms with E-state index in [-0.39, 0.29) is 0 Å². The van der Waals surface area contributed by atoms with Crippen LogP contribution in [0.25, 0.3) is 0 Å². The Labute approximate surface area is 93.7 Å². The van der Waals surface area contributed by atoms with Crippen LogP contribution in [0.4, 0.5) is 0 Å². The van der Waals surface area contributed by atoms with Crippen LogP contribution in [0.3, 0.4) is 0 Å². The van der Waals surface area contributed by atoms with Crippen LogP contribution in [-0.4, -0.2) is 9.97 Å². The molecule has 0 atom stereocenters. The van der Waals surface area contributed by atoms with Gasteiger partial charge < -0.3 is 0 Å². The van der Waals surface area contributed by atoms with Crippen molar-refractivity contribution < 1.29 is 0 Å². The van der Waals surface area contributed by atoms with E-state index in [1.807, 2.05) is 6.07 Å². The Hall–Kier alpha value is -0.340. The molecule has 14 heavy (non-hydrogen) atoms. The van der Waals surface area contributed by atoms with Crippen LogP contribution in [0.15, 0.2) is 6.07 Å². The molecule has 2 nitrogen and oxygen atoms in total. The summed E-state index contributed by atoms with van der Waals surface area (Å²) in [6.45, 7) is 2.25. The van der Waals surface area contributed by atoms with E-state index in [2.05, 4.69) is 16.9 Å². The predicted molar refractivity (Wildman–Crippen MR) is 57.7 cm³/mol. The Morgan fingerprint density at radius 3 is 2.71 bits per heavy atom. The van der Waals surface area contributed by atoms with Crippen molar-refractivity contribution >= 4 is 23.2 Å². The fourth-order valence-corrected chi connectivity index (χ4v) is 2.23. The highest BCUT2D eigenvalue weighted by Gasteiger charge is 2.28. The second-order valence-electron chi connectivity index (χ2n) is 3.94. The Kier molecular flexibility index (Phi) is 2.93. The zero-order valence-electron chi connectivity index (χ0n) is 8.00. The van der Waals surface area contributed by atoms with E-state index < -0.39 is 0 Å². The standard InChI is InChI=1S/C10H12Cl2N2/c1-6-2-7(3-6)8-4-9(12)14-10(5-11)13-8/h4,6-7H,2-3,5H2,1H3. The van der Waals surface area contributed by atoms with Gasteiger partial charge in [-0.2, -0.15) is 0 Å². The number of halogens is 2. The van der Waals surface area contributed by atoms with Gasteiger partial charge >= 0.3 is 0 Å². The molecular weight excluding hydrogens is 219 g/mol. The molecule has 4 heteroatoms. The third-order valence-corrected chi connectivity index (χ3v) is 3.11. The zero-order valence-corrected chi connectivity index (χ0v) is 9.52. The highest BCUT2D eigenvalue weighted by Crippen LogP contribution is 2.40. The van der Waals surface area contributed by atoms with Crippen molar-refractivity contribution in [2.24, 2.45) is 5.92 Å². The zero-order chi connectivity index (χ0) is 10.1. The molecule has 0 aromatic carbocycles. The Balaban J connectivity index is 2.21. The first-order valence-corrected chi connectivity index (χ1v) is 5.69. The smallest absolute Gasteiger partial charge is 0.145 e. The minimum Gasteiger partial charge on any atom is -0.236 e. The number of rotatable bonds is 2. The second kappa shape index (κ2) is 4.03. The molecule has 0 N–H and O–H groups in total. The normalized spacial score (nSPS) is 25.9. The Morgan fingerprint density at radius 2 is 2.14 bits per heavy atom. The largest absolute Gasteiger partial charge is 0.236 e. The molecule has 1 aliphatic rings. The first-order valence-electron chi connectivity index (χ1n) is 4.78. The second-order valence-corrected chi connectivity index (χ2v) is 4.59. The summed E-state index contributed by atoms with van der Waals surface area (Å²) in [5.74, 6) is 2.34. The SMILES string of the molecule is CC1CC(c2cc(Cl)nc(CCl)n2)C1. The number of alkyl halides is 1. The predicted octanol–water partition coefficient (Wildman–Crippen LogP) is 3.38. The molecule has 0 aliphatic heterocycles. The molecule has 1 aromatic heterocycles. The maximum atomic E-state index is 5.88. The van der Waals surface area contributed by atoms with Gasteiger partial charge in [-0.1, -0.05) is 18.5 Å². The van der Waals surface area contributed by atoms with Crippen LogP contribution in [0, 0.1) is 5.92 Å². The molecule has 1 aromatic rings. The lowest BCUT2D eigenvalue weighted by atomic mass is 9.74. The molecule has 0 spiro atoms. The molecule has 1 heterocycles. The van der Waals surface area contributed by atoms with E-state index in [1.54, 1.807) is 0 Å². The van der Waals surface area contributed by atoms with Crippen LogP contribution in [0.2, 0.25) is 5.15 Å². The van der Waals surface area contributed by atoms with Crippen LogP contribution < -0.4 is 0 Å². The lowest BCUT2D eigenvalue weighted by Crippen LogP contribution is -2.20. The quantitative estimate of drug-likeness (QED) is 0.576. The highest BCUT2D eigenvalue weighted by molar-refractivity contribution is 6.29. The summed E-state index contributed by atoms with van der Waals surface area (Å²) in [4.78, 5) is 8.42. The van der Waals surface area contributed by atoms with E-state index in [0.717, 1.165) is 11.6 Å². The summed E-state index contributed by atoms with van der Waals surface area (Å²) >= 11 is 11.6. The van der Waals surface area contributed by atoms with Crippen LogP contribution in [0.1, 0.15) is 37.2 Å². The summed E-state index contributed by atoms with van der Waals surface area (Å²) in [5.41, 5.74) is 1.05. The van der Waals surface area contributed by atoms with Gasteiger partial charge in [-0.05, 0) is 24.8 Å². The Morgan fingerprint density at radius 1 is 1.43 bits per heavy atom. The Bertz CT molecular complexity index is 335. The molecule has 1 fully saturated rings. The fourth-order valence-electron chi connectivity index (χ4n) is 1.90. The monoisotopic (exact) mass is 230 g/mol. The molecule has 0 saturated heterocycles. The number of hydrogen-bond acceptors (Lipinski definition) is 2. The van der Waals surface area contributed by atoms with Gasteiger partial charge in [0.05, 0.1) is 5.88 Å². The topological polar surface area (TPSA) is 25.8 Å². The third-order valence-electron chi connectivity index (χ3n) is 2.67. The summed E-state index contributed by atoms with van der Waals surface area (Å²) in [6, 6.07) is 1.86. The summed E-state index contributed by atoms with van der Waals surface area (Å²) in [6.07, 6.45) is 2.41. The lowest BCUT2D eigenvalue weighted by Gasteiger charge is -2.32. The third kappa shape index (κ3) is 2.01. The molecule has 76 valence electrons. The minimum atomic E-state index is 0.329. The number of hydrogen-bond donors (Lipinski definition) is 0. The first kappa shape index (κ1) is 10.2. The summed E-state index contributed by atoms with van der Waals surface area (Å²) < 4.78 is 0. The molecule has 2 rings (SSSR count). The van der Waals surface area contributed by atoms with Gasteiger partial charge in [0, 0.05) is 11.6 Å². The molecule has 1 aliphatic carbocycles. The van der Waals surface area contributed by atoms with Crippen LogP contribution in [-0.2, 0) is 5.88 Å². The van der Waals surface area contributed by atoms with Gasteiger partial charge in [0.15, 0.2) is 0 Å². The van der Waals surface area contributed by atoms with Gasteiger partial charge in [0.25, 0.3) is 0 Å². The van der Waals surface area contributed by atoms with E-state index in [0.29, 0.717) is 22.8 Å². The van der Waals surface area contributed by atoms with Crippen molar-refractivity contribution in [3.8, 4) is 0 Å². The maximum absolute atomic E-state index is 5.88. The average Bonchev–Trinajstić information content (AvgIpc) is 2.12. The maximum Gasteiger partial charge on any atom is 0.145 e. The molecule has 1 saturated carbocycles. The molecular formula is C10H12Cl2N2. The number of aromatic nitrogens is 2. The van der Waals surface area contributed by atoms with E-state index in [4.69, 9.17) is 23.2 Å². The summed E-state index contributed by atoms with van der Waals surface area (Å²) in [5, 5.41) is 0.505. The van der Waals surface area contributed by atoms with Crippen molar-refractivity contribution in [2.75, 3.05) is 0 Å². The van der Waals surface area contributed by atoms with E-state index in [1.165, 1.54) is 12.8 Å². The molecule has 0 bridgehead atoms. The van der Waals surface area contributed by atoms with Gasteiger partial charge in [-0.3, -0.25) is 0 Å². The molecule has 0 radical (unpaired) electrons. The van der Waals surface area contributed by atoms with Crippen molar-refractivity contribution in [1.82, 2.24) is 9.97 Å².